The van der Waals surface area contributed by atoms with Gasteiger partial charge in [0.05, 0.1) is 22.4 Å². The number of fused-ring (bicyclic) bond motifs is 1. The van der Waals surface area contributed by atoms with Crippen LogP contribution in [0.3, 0.4) is 0 Å². The average molecular weight is 399 g/mol. The topological polar surface area (TPSA) is 63.7 Å². The summed E-state index contributed by atoms with van der Waals surface area (Å²) in [5.41, 5.74) is 5.05. The summed E-state index contributed by atoms with van der Waals surface area (Å²) in [6.45, 7) is 5.87. The summed E-state index contributed by atoms with van der Waals surface area (Å²) in [6, 6.07) is 17.8. The standard InChI is InChI=1S/C25H21NO4/c1-15-5-4-6-18(11-15)14-30-25(29)19-9-10-20-21(13-19)24(28)26(23(20)27)22-12-16(2)7-8-17(22)3/h4-13H,14H2,1-3H3. The van der Waals surface area contributed by atoms with Gasteiger partial charge in [-0.3, -0.25) is 9.59 Å². The predicted octanol–water partition coefficient (Wildman–Crippen LogP) is 4.77. The number of esters is 1. The van der Waals surface area contributed by atoms with Gasteiger partial charge in [0.1, 0.15) is 6.61 Å². The van der Waals surface area contributed by atoms with Crippen LogP contribution in [-0.4, -0.2) is 17.8 Å². The molecule has 0 saturated heterocycles. The van der Waals surface area contributed by atoms with Gasteiger partial charge in [-0.25, -0.2) is 9.69 Å². The fourth-order valence-corrected chi connectivity index (χ4v) is 3.58. The molecule has 0 atom stereocenters. The highest BCUT2D eigenvalue weighted by molar-refractivity contribution is 6.35. The second kappa shape index (κ2) is 7.59. The number of nitrogens with zero attached hydrogens (tertiary/aromatic N) is 1. The first-order chi connectivity index (χ1) is 14.3. The zero-order valence-corrected chi connectivity index (χ0v) is 17.1. The summed E-state index contributed by atoms with van der Waals surface area (Å²) in [4.78, 5) is 39.6. The minimum atomic E-state index is -0.537. The first-order valence-electron chi connectivity index (χ1n) is 9.68. The van der Waals surface area contributed by atoms with Crippen molar-refractivity contribution in [2.45, 2.75) is 27.4 Å². The second-order valence-electron chi connectivity index (χ2n) is 7.56. The molecule has 1 heterocycles. The van der Waals surface area contributed by atoms with Gasteiger partial charge in [-0.1, -0.05) is 42.0 Å². The number of rotatable bonds is 4. The number of benzene rings is 3. The molecule has 0 spiro atoms. The highest BCUT2D eigenvalue weighted by atomic mass is 16.5. The third-order valence-corrected chi connectivity index (χ3v) is 5.18. The van der Waals surface area contributed by atoms with E-state index in [0.717, 1.165) is 22.3 Å². The molecule has 1 aliphatic heterocycles. The summed E-state index contributed by atoms with van der Waals surface area (Å²) in [6.07, 6.45) is 0. The summed E-state index contributed by atoms with van der Waals surface area (Å²) in [7, 11) is 0. The number of imide groups is 1. The van der Waals surface area contributed by atoms with Crippen molar-refractivity contribution in [1.29, 1.82) is 0 Å². The summed E-state index contributed by atoms with van der Waals surface area (Å²) in [5.74, 6) is -1.36. The third-order valence-electron chi connectivity index (χ3n) is 5.18. The maximum atomic E-state index is 13.0. The van der Waals surface area contributed by atoms with E-state index < -0.39 is 11.9 Å². The minimum absolute atomic E-state index is 0.138. The van der Waals surface area contributed by atoms with Crippen molar-refractivity contribution in [2.24, 2.45) is 0 Å². The van der Waals surface area contributed by atoms with E-state index in [1.807, 2.05) is 63.2 Å². The molecule has 2 amide bonds. The molecule has 30 heavy (non-hydrogen) atoms. The highest BCUT2D eigenvalue weighted by Gasteiger charge is 2.38. The van der Waals surface area contributed by atoms with E-state index >= 15 is 0 Å². The number of hydrogen-bond acceptors (Lipinski definition) is 4. The first-order valence-corrected chi connectivity index (χ1v) is 9.68. The Balaban J connectivity index is 1.58. The zero-order chi connectivity index (χ0) is 21.4. The lowest BCUT2D eigenvalue weighted by Gasteiger charge is -2.17. The third kappa shape index (κ3) is 3.50. The summed E-state index contributed by atoms with van der Waals surface area (Å²) >= 11 is 0. The van der Waals surface area contributed by atoms with E-state index in [0.29, 0.717) is 5.69 Å². The molecule has 0 aromatic heterocycles. The van der Waals surface area contributed by atoms with Crippen molar-refractivity contribution in [3.05, 3.63) is 99.6 Å². The van der Waals surface area contributed by atoms with Crippen LogP contribution in [0.5, 0.6) is 0 Å². The molecule has 0 saturated carbocycles. The van der Waals surface area contributed by atoms with Gasteiger partial charge in [-0.15, -0.1) is 0 Å². The van der Waals surface area contributed by atoms with E-state index in [9.17, 15) is 14.4 Å². The largest absolute Gasteiger partial charge is 0.457 e. The van der Waals surface area contributed by atoms with Crippen LogP contribution in [0.2, 0.25) is 0 Å². The maximum absolute atomic E-state index is 13.0. The van der Waals surface area contributed by atoms with Gasteiger partial charge >= 0.3 is 5.97 Å². The van der Waals surface area contributed by atoms with Crippen LogP contribution >= 0.6 is 0 Å². The number of amides is 2. The number of ether oxygens (including phenoxy) is 1. The van der Waals surface area contributed by atoms with E-state index in [1.54, 1.807) is 0 Å². The number of aryl methyl sites for hydroxylation is 3. The van der Waals surface area contributed by atoms with E-state index in [-0.39, 0.29) is 29.2 Å². The molecule has 0 radical (unpaired) electrons. The molecule has 1 aliphatic rings. The van der Waals surface area contributed by atoms with Gasteiger partial charge in [-0.05, 0) is 61.7 Å². The van der Waals surface area contributed by atoms with Crippen molar-refractivity contribution in [2.75, 3.05) is 4.90 Å². The smallest absolute Gasteiger partial charge is 0.338 e. The van der Waals surface area contributed by atoms with E-state index in [1.165, 1.54) is 23.1 Å². The quantitative estimate of drug-likeness (QED) is 0.468. The Morgan fingerprint density at radius 1 is 0.833 bits per heavy atom. The summed E-state index contributed by atoms with van der Waals surface area (Å²) in [5, 5.41) is 0. The van der Waals surface area contributed by atoms with Crippen molar-refractivity contribution >= 4 is 23.5 Å². The Bertz CT molecular complexity index is 1200. The number of hydrogen-bond donors (Lipinski definition) is 0. The molecule has 3 aromatic rings. The van der Waals surface area contributed by atoms with Crippen LogP contribution in [0.25, 0.3) is 0 Å². The predicted molar refractivity (Wildman–Crippen MR) is 114 cm³/mol. The molecule has 5 heteroatoms. The lowest BCUT2D eigenvalue weighted by Crippen LogP contribution is -2.30. The van der Waals surface area contributed by atoms with Crippen LogP contribution in [0, 0.1) is 20.8 Å². The second-order valence-corrected chi connectivity index (χ2v) is 7.56. The van der Waals surface area contributed by atoms with Gasteiger partial charge in [0.15, 0.2) is 0 Å². The number of carbonyl (C=O) groups excluding carboxylic acids is 3. The monoisotopic (exact) mass is 399 g/mol. The van der Waals surface area contributed by atoms with Crippen LogP contribution in [0.15, 0.2) is 60.7 Å². The lowest BCUT2D eigenvalue weighted by atomic mass is 10.1. The van der Waals surface area contributed by atoms with Crippen LogP contribution in [-0.2, 0) is 11.3 Å². The van der Waals surface area contributed by atoms with Crippen LogP contribution < -0.4 is 4.90 Å². The molecule has 0 unspecified atom stereocenters. The SMILES string of the molecule is Cc1cccc(COC(=O)c2ccc3c(c2)C(=O)N(c2cc(C)ccc2C)C3=O)c1. The van der Waals surface area contributed by atoms with Gasteiger partial charge in [0.2, 0.25) is 0 Å². The van der Waals surface area contributed by atoms with Crippen molar-refractivity contribution in [3.8, 4) is 0 Å². The maximum Gasteiger partial charge on any atom is 0.338 e. The van der Waals surface area contributed by atoms with Crippen molar-refractivity contribution in [3.63, 3.8) is 0 Å². The van der Waals surface area contributed by atoms with Crippen molar-refractivity contribution < 1.29 is 19.1 Å². The molecular weight excluding hydrogens is 378 g/mol. The summed E-state index contributed by atoms with van der Waals surface area (Å²) < 4.78 is 5.39. The fourth-order valence-electron chi connectivity index (χ4n) is 3.58. The number of carbonyl (C=O) groups is 3. The van der Waals surface area contributed by atoms with E-state index in [4.69, 9.17) is 4.74 Å². The van der Waals surface area contributed by atoms with Gasteiger partial charge in [0, 0.05) is 0 Å². The Kier molecular flexibility index (Phi) is 4.96. The lowest BCUT2D eigenvalue weighted by molar-refractivity contribution is 0.0472. The fraction of sp³-hybridized carbons (Fsp3) is 0.160. The molecule has 4 rings (SSSR count). The van der Waals surface area contributed by atoms with Crippen molar-refractivity contribution in [1.82, 2.24) is 0 Å². The van der Waals surface area contributed by atoms with Gasteiger partial charge in [-0.2, -0.15) is 0 Å². The zero-order valence-electron chi connectivity index (χ0n) is 17.1. The Morgan fingerprint density at radius 2 is 1.57 bits per heavy atom. The molecule has 0 N–H and O–H groups in total. The molecule has 5 nitrogen and oxygen atoms in total. The highest BCUT2D eigenvalue weighted by Crippen LogP contribution is 2.32. The Labute approximate surface area is 174 Å². The van der Waals surface area contributed by atoms with Crippen LogP contribution in [0.1, 0.15) is 53.3 Å². The Morgan fingerprint density at radius 3 is 2.33 bits per heavy atom. The van der Waals surface area contributed by atoms with Gasteiger partial charge in [0.25, 0.3) is 11.8 Å². The molecule has 3 aromatic carbocycles. The van der Waals surface area contributed by atoms with Crippen LogP contribution in [0.4, 0.5) is 5.69 Å². The average Bonchev–Trinajstić information content (AvgIpc) is 2.98. The minimum Gasteiger partial charge on any atom is -0.457 e. The first kappa shape index (κ1) is 19.6. The number of anilines is 1. The Hall–Kier alpha value is -3.73. The normalized spacial score (nSPS) is 12.8. The molecule has 150 valence electrons. The molecule has 0 fully saturated rings. The van der Waals surface area contributed by atoms with Gasteiger partial charge < -0.3 is 4.74 Å². The van der Waals surface area contributed by atoms with E-state index in [2.05, 4.69) is 0 Å². The molecule has 0 aliphatic carbocycles. The molecular formula is C25H21NO4. The molecule has 0 bridgehead atoms.